The molecule has 0 aliphatic rings. The number of benzene rings is 1. The highest BCUT2D eigenvalue weighted by Gasteiger charge is 2.15. The number of rotatable bonds is 4. The number of nitro benzene ring substituents is 1. The molecular formula is C9H9FN2O3. The van der Waals surface area contributed by atoms with Gasteiger partial charge in [0.15, 0.2) is 5.78 Å². The maximum absolute atomic E-state index is 13.2. The fourth-order valence-corrected chi connectivity index (χ4v) is 1.11. The Bertz CT molecular complexity index is 406. The minimum absolute atomic E-state index is 0.0226. The van der Waals surface area contributed by atoms with E-state index in [9.17, 15) is 19.3 Å². The van der Waals surface area contributed by atoms with Crippen molar-refractivity contribution in [3.8, 4) is 0 Å². The maximum Gasteiger partial charge on any atom is 0.272 e. The molecule has 1 aromatic rings. The molecule has 0 aliphatic carbocycles. The van der Waals surface area contributed by atoms with Gasteiger partial charge in [0, 0.05) is 12.5 Å². The van der Waals surface area contributed by atoms with Crippen LogP contribution in [0.25, 0.3) is 0 Å². The number of non-ortho nitro benzene ring substituents is 1. The molecule has 0 aromatic heterocycles. The number of halogens is 1. The number of nitrogens with zero attached hydrogens (tertiary/aromatic N) is 1. The first-order valence-corrected chi connectivity index (χ1v) is 4.23. The van der Waals surface area contributed by atoms with Crippen molar-refractivity contribution in [3.63, 3.8) is 0 Å². The second-order valence-electron chi connectivity index (χ2n) is 2.88. The largest absolute Gasteiger partial charge is 0.330 e. The summed E-state index contributed by atoms with van der Waals surface area (Å²) in [6.07, 6.45) is 0.0226. The number of hydrogen-bond donors (Lipinski definition) is 1. The van der Waals surface area contributed by atoms with Crippen molar-refractivity contribution in [2.75, 3.05) is 6.54 Å². The van der Waals surface area contributed by atoms with Gasteiger partial charge in [-0.2, -0.15) is 0 Å². The summed E-state index contributed by atoms with van der Waals surface area (Å²) >= 11 is 0. The van der Waals surface area contributed by atoms with Gasteiger partial charge in [0.25, 0.3) is 5.69 Å². The highest BCUT2D eigenvalue weighted by atomic mass is 19.1. The zero-order valence-corrected chi connectivity index (χ0v) is 7.77. The Morgan fingerprint density at radius 3 is 2.67 bits per heavy atom. The van der Waals surface area contributed by atoms with Crippen LogP contribution in [0, 0.1) is 15.9 Å². The summed E-state index contributed by atoms with van der Waals surface area (Å²) in [7, 11) is 0. The van der Waals surface area contributed by atoms with E-state index in [1.54, 1.807) is 0 Å². The summed E-state index contributed by atoms with van der Waals surface area (Å²) in [6, 6.07) is 2.92. The predicted octanol–water partition coefficient (Wildman–Crippen LogP) is 1.27. The van der Waals surface area contributed by atoms with Crippen LogP contribution in [0.4, 0.5) is 10.1 Å². The quantitative estimate of drug-likeness (QED) is 0.462. The van der Waals surface area contributed by atoms with Crippen molar-refractivity contribution < 1.29 is 14.1 Å². The molecule has 5 nitrogen and oxygen atoms in total. The number of carbonyl (C=O) groups is 1. The highest BCUT2D eigenvalue weighted by molar-refractivity contribution is 5.96. The first-order chi connectivity index (χ1) is 7.06. The number of hydrogen-bond acceptors (Lipinski definition) is 4. The lowest BCUT2D eigenvalue weighted by Crippen LogP contribution is -2.09. The Labute approximate surface area is 84.8 Å². The molecular weight excluding hydrogens is 203 g/mol. The molecule has 0 unspecified atom stereocenters. The number of nitro groups is 1. The van der Waals surface area contributed by atoms with Crippen LogP contribution in [-0.2, 0) is 0 Å². The fourth-order valence-electron chi connectivity index (χ4n) is 1.11. The van der Waals surface area contributed by atoms with Gasteiger partial charge in [0.1, 0.15) is 5.82 Å². The van der Waals surface area contributed by atoms with E-state index in [-0.39, 0.29) is 24.2 Å². The Balaban J connectivity index is 3.03. The van der Waals surface area contributed by atoms with Crippen LogP contribution in [0.3, 0.4) is 0 Å². The van der Waals surface area contributed by atoms with Gasteiger partial charge in [-0.25, -0.2) is 4.39 Å². The van der Waals surface area contributed by atoms with Gasteiger partial charge < -0.3 is 5.73 Å². The molecule has 0 saturated carbocycles. The molecule has 0 atom stereocenters. The van der Waals surface area contributed by atoms with E-state index in [1.807, 2.05) is 0 Å². The van der Waals surface area contributed by atoms with E-state index in [4.69, 9.17) is 5.73 Å². The summed E-state index contributed by atoms with van der Waals surface area (Å²) < 4.78 is 13.2. The zero-order valence-electron chi connectivity index (χ0n) is 7.77. The van der Waals surface area contributed by atoms with E-state index >= 15 is 0 Å². The predicted molar refractivity (Wildman–Crippen MR) is 51.1 cm³/mol. The molecule has 15 heavy (non-hydrogen) atoms. The van der Waals surface area contributed by atoms with Crippen molar-refractivity contribution in [3.05, 3.63) is 39.7 Å². The second-order valence-corrected chi connectivity index (χ2v) is 2.88. The lowest BCUT2D eigenvalue weighted by atomic mass is 10.1. The van der Waals surface area contributed by atoms with E-state index in [0.29, 0.717) is 0 Å². The van der Waals surface area contributed by atoms with Crippen molar-refractivity contribution >= 4 is 11.5 Å². The Morgan fingerprint density at radius 1 is 1.53 bits per heavy atom. The molecule has 2 N–H and O–H groups in total. The van der Waals surface area contributed by atoms with Crippen LogP contribution < -0.4 is 5.73 Å². The third kappa shape index (κ3) is 2.57. The summed E-state index contributed by atoms with van der Waals surface area (Å²) in [5.74, 6) is -1.34. The summed E-state index contributed by atoms with van der Waals surface area (Å²) in [6.45, 7) is 0.120. The second kappa shape index (κ2) is 4.61. The topological polar surface area (TPSA) is 86.2 Å². The van der Waals surface area contributed by atoms with Crippen LogP contribution in [0.5, 0.6) is 0 Å². The minimum atomic E-state index is -0.886. The Morgan fingerprint density at radius 2 is 2.20 bits per heavy atom. The molecule has 0 saturated heterocycles. The molecule has 0 radical (unpaired) electrons. The molecule has 0 heterocycles. The average Bonchev–Trinajstić information content (AvgIpc) is 2.17. The molecule has 0 fully saturated rings. The van der Waals surface area contributed by atoms with Gasteiger partial charge in [-0.15, -0.1) is 0 Å². The standard InChI is InChI=1S/C9H9FN2O3/c10-8-5-6(12(14)15)1-2-7(8)9(13)3-4-11/h1-2,5H,3-4,11H2. The van der Waals surface area contributed by atoms with Crippen LogP contribution in [0.15, 0.2) is 18.2 Å². The first-order valence-electron chi connectivity index (χ1n) is 4.23. The lowest BCUT2D eigenvalue weighted by Gasteiger charge is -2.00. The average molecular weight is 212 g/mol. The fraction of sp³-hybridized carbons (Fsp3) is 0.222. The van der Waals surface area contributed by atoms with E-state index < -0.39 is 16.5 Å². The SMILES string of the molecule is NCCC(=O)c1ccc([N+](=O)[O-])cc1F. The lowest BCUT2D eigenvalue weighted by molar-refractivity contribution is -0.385. The van der Waals surface area contributed by atoms with E-state index in [0.717, 1.165) is 18.2 Å². The zero-order chi connectivity index (χ0) is 11.4. The Hall–Kier alpha value is -1.82. The highest BCUT2D eigenvalue weighted by Crippen LogP contribution is 2.17. The van der Waals surface area contributed by atoms with Gasteiger partial charge in [-0.3, -0.25) is 14.9 Å². The van der Waals surface area contributed by atoms with Gasteiger partial charge in [-0.1, -0.05) is 0 Å². The molecule has 0 amide bonds. The van der Waals surface area contributed by atoms with Crippen LogP contribution in [0.2, 0.25) is 0 Å². The third-order valence-electron chi connectivity index (χ3n) is 1.84. The molecule has 1 aromatic carbocycles. The Kier molecular flexibility index (Phi) is 3.46. The molecule has 6 heteroatoms. The van der Waals surface area contributed by atoms with E-state index in [2.05, 4.69) is 0 Å². The first kappa shape index (κ1) is 11.3. The van der Waals surface area contributed by atoms with Crippen molar-refractivity contribution in [2.45, 2.75) is 6.42 Å². The van der Waals surface area contributed by atoms with Crippen LogP contribution >= 0.6 is 0 Å². The molecule has 0 aliphatic heterocycles. The number of ketones is 1. The molecule has 0 bridgehead atoms. The molecule has 1 rings (SSSR count). The van der Waals surface area contributed by atoms with E-state index in [1.165, 1.54) is 0 Å². The van der Waals surface area contributed by atoms with Gasteiger partial charge in [0.05, 0.1) is 16.6 Å². The number of nitrogens with two attached hydrogens (primary N) is 1. The monoisotopic (exact) mass is 212 g/mol. The van der Waals surface area contributed by atoms with Crippen molar-refractivity contribution in [1.82, 2.24) is 0 Å². The van der Waals surface area contributed by atoms with Crippen LogP contribution in [-0.4, -0.2) is 17.3 Å². The normalized spacial score (nSPS) is 10.0. The minimum Gasteiger partial charge on any atom is -0.330 e. The van der Waals surface area contributed by atoms with Gasteiger partial charge >= 0.3 is 0 Å². The van der Waals surface area contributed by atoms with Crippen molar-refractivity contribution in [1.29, 1.82) is 0 Å². The third-order valence-corrected chi connectivity index (χ3v) is 1.84. The maximum atomic E-state index is 13.2. The number of Topliss-reactive ketones (excluding diaryl/α,β-unsaturated/α-hetero) is 1. The van der Waals surface area contributed by atoms with Gasteiger partial charge in [0.2, 0.25) is 0 Å². The summed E-state index contributed by atoms with van der Waals surface area (Å²) in [5, 5.41) is 10.3. The van der Waals surface area contributed by atoms with Crippen LogP contribution in [0.1, 0.15) is 16.8 Å². The van der Waals surface area contributed by atoms with Crippen molar-refractivity contribution in [2.24, 2.45) is 5.73 Å². The summed E-state index contributed by atoms with van der Waals surface area (Å²) in [4.78, 5) is 20.8. The summed E-state index contributed by atoms with van der Waals surface area (Å²) in [5.41, 5.74) is 4.60. The number of carbonyl (C=O) groups excluding carboxylic acids is 1. The van der Waals surface area contributed by atoms with Gasteiger partial charge in [-0.05, 0) is 12.6 Å². The molecule has 80 valence electrons. The smallest absolute Gasteiger partial charge is 0.272 e. The molecule has 0 spiro atoms.